The number of pyridine rings is 1. The van der Waals surface area contributed by atoms with E-state index in [1.807, 2.05) is 6.07 Å². The molecule has 1 fully saturated rings. The molecule has 1 aliphatic heterocycles. The number of nitrogens with one attached hydrogen (secondary N) is 1. The Balaban J connectivity index is 1.36. The lowest BCUT2D eigenvalue weighted by molar-refractivity contribution is -0.117. The van der Waals surface area contributed by atoms with Gasteiger partial charge in [-0.2, -0.15) is 0 Å². The number of piperidine rings is 1. The smallest absolute Gasteiger partial charge is 0.231 e. The third-order valence-corrected chi connectivity index (χ3v) is 5.46. The molecule has 1 N–H and O–H groups in total. The van der Waals surface area contributed by atoms with E-state index >= 15 is 0 Å². The van der Waals surface area contributed by atoms with Gasteiger partial charge in [0.25, 0.3) is 0 Å². The minimum absolute atomic E-state index is 0.0776. The van der Waals surface area contributed by atoms with Gasteiger partial charge in [-0.15, -0.1) is 0 Å². The van der Waals surface area contributed by atoms with Crippen molar-refractivity contribution in [3.8, 4) is 5.88 Å². The first-order valence-electron chi connectivity index (χ1n) is 9.49. The lowest BCUT2D eigenvalue weighted by atomic mass is 10.0. The maximum Gasteiger partial charge on any atom is 0.231 e. The molecule has 6 heteroatoms. The van der Waals surface area contributed by atoms with Crippen LogP contribution in [0.1, 0.15) is 36.3 Å². The van der Waals surface area contributed by atoms with Crippen molar-refractivity contribution in [1.82, 2.24) is 9.88 Å². The largest absolute Gasteiger partial charge is 0.474 e. The van der Waals surface area contributed by atoms with E-state index in [1.165, 1.54) is 12.1 Å². The number of carbonyl (C=O) groups is 1. The van der Waals surface area contributed by atoms with E-state index in [1.54, 1.807) is 18.3 Å². The molecule has 0 spiro atoms. The van der Waals surface area contributed by atoms with Crippen LogP contribution in [0.3, 0.4) is 0 Å². The molecule has 142 valence electrons. The second-order valence-corrected chi connectivity index (χ2v) is 7.43. The summed E-state index contributed by atoms with van der Waals surface area (Å²) in [5.74, 6) is 0.0188. The Bertz CT molecular complexity index is 817. The predicted octanol–water partition coefficient (Wildman–Crippen LogP) is 3.36. The number of amides is 1. The molecule has 0 saturated carbocycles. The van der Waals surface area contributed by atoms with Gasteiger partial charge >= 0.3 is 0 Å². The van der Waals surface area contributed by atoms with Crippen molar-refractivity contribution in [2.24, 2.45) is 0 Å². The zero-order chi connectivity index (χ0) is 18.8. The quantitative estimate of drug-likeness (QED) is 0.898. The molecule has 1 aromatic carbocycles. The molecule has 0 radical (unpaired) electrons. The summed E-state index contributed by atoms with van der Waals surface area (Å²) in [7, 11) is 2.12. The van der Waals surface area contributed by atoms with Crippen LogP contribution < -0.4 is 10.1 Å². The minimum atomic E-state index is -0.251. The Morgan fingerprint density at radius 1 is 1.22 bits per heavy atom. The van der Waals surface area contributed by atoms with Crippen molar-refractivity contribution < 1.29 is 13.9 Å². The summed E-state index contributed by atoms with van der Waals surface area (Å²) in [6, 6.07) is 8.28. The van der Waals surface area contributed by atoms with Crippen molar-refractivity contribution in [1.29, 1.82) is 0 Å². The Kier molecular flexibility index (Phi) is 5.07. The fraction of sp³-hybridized carbons (Fsp3) is 0.429. The number of fused-ring (bicyclic) bond motifs is 1. The highest BCUT2D eigenvalue weighted by molar-refractivity contribution is 5.96. The summed E-state index contributed by atoms with van der Waals surface area (Å²) in [5.41, 5.74) is 2.49. The number of anilines is 1. The molecule has 2 aromatic rings. The summed E-state index contributed by atoms with van der Waals surface area (Å²) in [4.78, 5) is 19.2. The Labute approximate surface area is 158 Å². The van der Waals surface area contributed by atoms with Gasteiger partial charge in [-0.25, -0.2) is 9.37 Å². The van der Waals surface area contributed by atoms with Gasteiger partial charge in [0.2, 0.25) is 11.8 Å². The lowest BCUT2D eigenvalue weighted by Crippen LogP contribution is -2.35. The number of halogens is 1. The van der Waals surface area contributed by atoms with Crippen LogP contribution >= 0.6 is 0 Å². The molecule has 1 atom stereocenters. The molecule has 2 heterocycles. The normalized spacial score (nSPS) is 20.3. The monoisotopic (exact) mass is 369 g/mol. The lowest BCUT2D eigenvalue weighted by Gasteiger charge is -2.28. The maximum absolute atomic E-state index is 13.3. The molecule has 1 unspecified atom stereocenters. The van der Waals surface area contributed by atoms with Crippen LogP contribution in [-0.2, 0) is 11.2 Å². The average molecular weight is 369 g/mol. The SMILES string of the molecule is CN1CCC(Oc2ccc(NC(=O)C3CCc4cc(F)ccc43)cn2)CC1. The third-order valence-electron chi connectivity index (χ3n) is 5.46. The van der Waals surface area contributed by atoms with Crippen molar-refractivity contribution in [2.45, 2.75) is 37.7 Å². The molecule has 5 nitrogen and oxygen atoms in total. The maximum atomic E-state index is 13.3. The van der Waals surface area contributed by atoms with Crippen LogP contribution in [0.4, 0.5) is 10.1 Å². The van der Waals surface area contributed by atoms with Crippen molar-refractivity contribution >= 4 is 11.6 Å². The molecular weight excluding hydrogens is 345 g/mol. The number of hydrogen-bond acceptors (Lipinski definition) is 4. The van der Waals surface area contributed by atoms with E-state index in [0.29, 0.717) is 18.0 Å². The highest BCUT2D eigenvalue weighted by Crippen LogP contribution is 2.34. The van der Waals surface area contributed by atoms with E-state index in [0.717, 1.165) is 43.5 Å². The average Bonchev–Trinajstić information content (AvgIpc) is 3.08. The van der Waals surface area contributed by atoms with Crippen molar-refractivity contribution in [3.63, 3.8) is 0 Å². The number of likely N-dealkylation sites (tertiary alicyclic amines) is 1. The Morgan fingerprint density at radius 3 is 2.78 bits per heavy atom. The zero-order valence-electron chi connectivity index (χ0n) is 15.5. The van der Waals surface area contributed by atoms with Gasteiger partial charge in [0.05, 0.1) is 17.8 Å². The molecular formula is C21H24FN3O2. The highest BCUT2D eigenvalue weighted by Gasteiger charge is 2.29. The van der Waals surface area contributed by atoms with Crippen LogP contribution in [0.15, 0.2) is 36.5 Å². The van der Waals surface area contributed by atoms with Gasteiger partial charge in [-0.05, 0) is 62.1 Å². The molecule has 27 heavy (non-hydrogen) atoms. The number of carbonyl (C=O) groups excluding carboxylic acids is 1. The van der Waals surface area contributed by atoms with Gasteiger partial charge in [-0.1, -0.05) is 6.07 Å². The summed E-state index contributed by atoms with van der Waals surface area (Å²) in [6.45, 7) is 2.07. The topological polar surface area (TPSA) is 54.5 Å². The standard InChI is InChI=1S/C21H24FN3O2/c1-25-10-8-17(9-11-25)27-20-7-4-16(13-23-20)24-21(26)19-5-2-14-12-15(22)3-6-18(14)19/h3-4,6-7,12-13,17,19H,2,5,8-11H2,1H3,(H,24,26). The predicted molar refractivity (Wildman–Crippen MR) is 101 cm³/mol. The first kappa shape index (κ1) is 17.9. The number of aryl methyl sites for hydroxylation is 1. The zero-order valence-corrected chi connectivity index (χ0v) is 15.5. The summed E-state index contributed by atoms with van der Waals surface area (Å²) in [6.07, 6.45) is 5.26. The van der Waals surface area contributed by atoms with Gasteiger partial charge in [0.15, 0.2) is 0 Å². The van der Waals surface area contributed by atoms with E-state index in [-0.39, 0.29) is 23.7 Å². The van der Waals surface area contributed by atoms with Gasteiger partial charge in [0.1, 0.15) is 11.9 Å². The van der Waals surface area contributed by atoms with E-state index < -0.39 is 0 Å². The Hall–Kier alpha value is -2.47. The van der Waals surface area contributed by atoms with Crippen LogP contribution in [0.25, 0.3) is 0 Å². The fourth-order valence-electron chi connectivity index (χ4n) is 3.89. The number of benzene rings is 1. The van der Waals surface area contributed by atoms with Crippen LogP contribution in [-0.4, -0.2) is 42.0 Å². The highest BCUT2D eigenvalue weighted by atomic mass is 19.1. The number of hydrogen-bond donors (Lipinski definition) is 1. The van der Waals surface area contributed by atoms with Gasteiger partial charge < -0.3 is 15.0 Å². The van der Waals surface area contributed by atoms with Crippen molar-refractivity contribution in [2.75, 3.05) is 25.5 Å². The second-order valence-electron chi connectivity index (χ2n) is 7.43. The molecule has 0 bridgehead atoms. The summed E-state index contributed by atoms with van der Waals surface area (Å²) >= 11 is 0. The second kappa shape index (κ2) is 7.64. The molecule has 4 rings (SSSR count). The minimum Gasteiger partial charge on any atom is -0.474 e. The first-order chi connectivity index (χ1) is 13.1. The van der Waals surface area contributed by atoms with E-state index in [2.05, 4.69) is 22.2 Å². The number of rotatable bonds is 4. The number of nitrogens with zero attached hydrogens (tertiary/aromatic N) is 2. The Morgan fingerprint density at radius 2 is 2.04 bits per heavy atom. The summed E-state index contributed by atoms with van der Waals surface area (Å²) < 4.78 is 19.3. The first-order valence-corrected chi connectivity index (χ1v) is 9.49. The van der Waals surface area contributed by atoms with Gasteiger partial charge in [0, 0.05) is 19.2 Å². The third kappa shape index (κ3) is 4.11. The molecule has 2 aliphatic rings. The fourth-order valence-corrected chi connectivity index (χ4v) is 3.89. The van der Waals surface area contributed by atoms with Crippen LogP contribution in [0.2, 0.25) is 0 Å². The molecule has 1 aliphatic carbocycles. The number of ether oxygens (including phenoxy) is 1. The molecule has 1 saturated heterocycles. The van der Waals surface area contributed by atoms with Crippen molar-refractivity contribution in [3.05, 3.63) is 53.5 Å². The van der Waals surface area contributed by atoms with E-state index in [4.69, 9.17) is 4.74 Å². The summed E-state index contributed by atoms with van der Waals surface area (Å²) in [5, 5.41) is 2.92. The number of aromatic nitrogens is 1. The van der Waals surface area contributed by atoms with Crippen LogP contribution in [0.5, 0.6) is 5.88 Å². The van der Waals surface area contributed by atoms with Gasteiger partial charge in [-0.3, -0.25) is 4.79 Å². The van der Waals surface area contributed by atoms with Crippen LogP contribution in [0, 0.1) is 5.82 Å². The van der Waals surface area contributed by atoms with E-state index in [9.17, 15) is 9.18 Å². The molecule has 1 aromatic heterocycles. The molecule has 1 amide bonds.